The molecular formula is C20H20N2O2. The number of pyridine rings is 1. The number of aromatic nitrogens is 2. The van der Waals surface area contributed by atoms with E-state index in [-0.39, 0.29) is 5.78 Å². The highest BCUT2D eigenvalue weighted by Gasteiger charge is 2.11. The number of hydrogen-bond donors (Lipinski definition) is 0. The van der Waals surface area contributed by atoms with E-state index < -0.39 is 0 Å². The minimum atomic E-state index is 0.0627. The number of carbonyl (C=O) groups excluding carboxylic acids is 1. The van der Waals surface area contributed by atoms with Crippen LogP contribution in [0.3, 0.4) is 0 Å². The van der Waals surface area contributed by atoms with E-state index in [1.165, 1.54) is 5.56 Å². The maximum absolute atomic E-state index is 12.2. The number of rotatable bonds is 6. The lowest BCUT2D eigenvalue weighted by molar-refractivity contribution is 0.0980. The van der Waals surface area contributed by atoms with Gasteiger partial charge in [-0.2, -0.15) is 0 Å². The molecule has 0 fully saturated rings. The molecule has 0 N–H and O–H groups in total. The summed E-state index contributed by atoms with van der Waals surface area (Å²) in [4.78, 5) is 16.3. The van der Waals surface area contributed by atoms with Gasteiger partial charge in [-0.3, -0.25) is 9.78 Å². The number of ketones is 1. The first kappa shape index (κ1) is 16.1. The molecule has 0 spiro atoms. The molecule has 0 radical (unpaired) electrons. The molecule has 0 aliphatic carbocycles. The summed E-state index contributed by atoms with van der Waals surface area (Å²) in [5, 5.41) is 4.11. The Kier molecular flexibility index (Phi) is 4.85. The number of carbonyl (C=O) groups is 1. The fraction of sp³-hybridized carbons (Fsp3) is 0.250. The van der Waals surface area contributed by atoms with Crippen molar-refractivity contribution >= 4 is 5.78 Å². The zero-order chi connectivity index (χ0) is 16.9. The average Bonchev–Trinajstić information content (AvgIpc) is 3.09. The largest absolute Gasteiger partial charge is 0.361 e. The van der Waals surface area contributed by atoms with Crippen molar-refractivity contribution in [3.8, 4) is 11.3 Å². The van der Waals surface area contributed by atoms with Crippen LogP contribution in [0.25, 0.3) is 11.3 Å². The van der Waals surface area contributed by atoms with Gasteiger partial charge in [0.15, 0.2) is 5.78 Å². The summed E-state index contributed by atoms with van der Waals surface area (Å²) in [7, 11) is 0. The van der Waals surface area contributed by atoms with Crippen LogP contribution in [0, 0.1) is 6.92 Å². The maximum atomic E-state index is 12.2. The van der Waals surface area contributed by atoms with E-state index in [1.54, 1.807) is 6.20 Å². The van der Waals surface area contributed by atoms with E-state index in [4.69, 9.17) is 4.52 Å². The molecule has 0 bridgehead atoms. The Labute approximate surface area is 141 Å². The molecule has 0 aliphatic rings. The van der Waals surface area contributed by atoms with E-state index >= 15 is 0 Å². The van der Waals surface area contributed by atoms with Gasteiger partial charge < -0.3 is 4.52 Å². The highest BCUT2D eigenvalue weighted by atomic mass is 16.5. The molecule has 0 saturated heterocycles. The quantitative estimate of drug-likeness (QED) is 0.631. The molecule has 0 aliphatic heterocycles. The smallest absolute Gasteiger partial charge is 0.164 e. The van der Waals surface area contributed by atoms with E-state index in [9.17, 15) is 4.79 Å². The first-order valence-corrected chi connectivity index (χ1v) is 8.16. The van der Waals surface area contributed by atoms with Gasteiger partial charge in [-0.1, -0.05) is 36.3 Å². The average molecular weight is 320 g/mol. The van der Waals surface area contributed by atoms with Crippen molar-refractivity contribution in [2.24, 2.45) is 0 Å². The number of Topliss-reactive ketones (excluding diaryl/α,β-unsaturated/α-hetero) is 1. The van der Waals surface area contributed by atoms with Gasteiger partial charge in [-0.05, 0) is 31.0 Å². The van der Waals surface area contributed by atoms with E-state index in [1.807, 2.05) is 37.3 Å². The second-order valence-electron chi connectivity index (χ2n) is 5.84. The minimum Gasteiger partial charge on any atom is -0.361 e. The molecule has 1 aromatic carbocycles. The molecule has 4 nitrogen and oxygen atoms in total. The van der Waals surface area contributed by atoms with E-state index in [2.05, 4.69) is 29.2 Å². The van der Waals surface area contributed by atoms with Gasteiger partial charge in [0, 0.05) is 41.9 Å². The Morgan fingerprint density at radius 3 is 2.58 bits per heavy atom. The van der Waals surface area contributed by atoms with Crippen LogP contribution in [0.4, 0.5) is 0 Å². The molecule has 0 saturated carbocycles. The van der Waals surface area contributed by atoms with Crippen LogP contribution in [0.1, 0.15) is 40.7 Å². The van der Waals surface area contributed by atoms with Crippen molar-refractivity contribution in [2.75, 3.05) is 0 Å². The fourth-order valence-electron chi connectivity index (χ4n) is 2.49. The molecule has 2 heterocycles. The van der Waals surface area contributed by atoms with Crippen LogP contribution in [0.2, 0.25) is 0 Å². The van der Waals surface area contributed by atoms with Crippen molar-refractivity contribution in [3.05, 3.63) is 71.2 Å². The Hall–Kier alpha value is -2.75. The molecule has 0 unspecified atom stereocenters. The zero-order valence-corrected chi connectivity index (χ0v) is 14.0. The van der Waals surface area contributed by atoms with Crippen LogP contribution < -0.4 is 0 Å². The third-order valence-corrected chi connectivity index (χ3v) is 4.05. The molecule has 3 aromatic rings. The van der Waals surface area contributed by atoms with Crippen LogP contribution in [0.5, 0.6) is 0 Å². The lowest BCUT2D eigenvalue weighted by Crippen LogP contribution is -2.01. The number of hydrogen-bond acceptors (Lipinski definition) is 4. The van der Waals surface area contributed by atoms with Gasteiger partial charge in [-0.25, -0.2) is 0 Å². The maximum Gasteiger partial charge on any atom is 0.164 e. The first-order valence-electron chi connectivity index (χ1n) is 8.16. The lowest BCUT2D eigenvalue weighted by atomic mass is 10.1. The minimum absolute atomic E-state index is 0.0627. The van der Waals surface area contributed by atoms with Crippen LogP contribution in [-0.2, 0) is 12.8 Å². The van der Waals surface area contributed by atoms with Gasteiger partial charge in [-0.15, -0.1) is 0 Å². The molecule has 3 rings (SSSR count). The summed E-state index contributed by atoms with van der Waals surface area (Å²) in [5.74, 6) is 0.783. The van der Waals surface area contributed by atoms with Gasteiger partial charge in [0.25, 0.3) is 0 Å². The van der Waals surface area contributed by atoms with Gasteiger partial charge in [0.1, 0.15) is 11.5 Å². The van der Waals surface area contributed by atoms with Crippen molar-refractivity contribution in [1.82, 2.24) is 10.1 Å². The van der Waals surface area contributed by atoms with Gasteiger partial charge in [0.2, 0.25) is 0 Å². The molecule has 0 atom stereocenters. The van der Waals surface area contributed by atoms with Crippen molar-refractivity contribution in [3.63, 3.8) is 0 Å². The lowest BCUT2D eigenvalue weighted by Gasteiger charge is -1.99. The van der Waals surface area contributed by atoms with E-state index in [0.29, 0.717) is 18.4 Å². The number of aryl methyl sites for hydroxylation is 3. The van der Waals surface area contributed by atoms with Crippen molar-refractivity contribution < 1.29 is 9.32 Å². The van der Waals surface area contributed by atoms with Gasteiger partial charge in [0.05, 0.1) is 0 Å². The number of nitrogens with zero attached hydrogens (tertiary/aromatic N) is 2. The molecule has 24 heavy (non-hydrogen) atoms. The molecule has 122 valence electrons. The first-order chi connectivity index (χ1) is 11.7. The standard InChI is InChI=1S/C20H20N2O2/c1-3-15-5-8-16(9-6-15)19-12-18(24-22-19)10-11-20(23)17-7-4-14(2)21-13-17/h4-9,12-13H,3,10-11H2,1-2H3. The molecule has 0 amide bonds. The summed E-state index contributed by atoms with van der Waals surface area (Å²) in [6.07, 6.45) is 3.56. The summed E-state index contributed by atoms with van der Waals surface area (Å²) in [6, 6.07) is 13.8. The second-order valence-corrected chi connectivity index (χ2v) is 5.84. The van der Waals surface area contributed by atoms with E-state index in [0.717, 1.165) is 29.1 Å². The molecule has 4 heteroatoms. The highest BCUT2D eigenvalue weighted by molar-refractivity contribution is 5.95. The van der Waals surface area contributed by atoms with Crippen LogP contribution >= 0.6 is 0 Å². The summed E-state index contributed by atoms with van der Waals surface area (Å²) >= 11 is 0. The normalized spacial score (nSPS) is 10.8. The summed E-state index contributed by atoms with van der Waals surface area (Å²) in [6.45, 7) is 4.03. The Balaban J connectivity index is 1.63. The fourth-order valence-corrected chi connectivity index (χ4v) is 2.49. The van der Waals surface area contributed by atoms with Crippen LogP contribution in [0.15, 0.2) is 53.2 Å². The third kappa shape index (κ3) is 3.77. The predicted octanol–water partition coefficient (Wildman–Crippen LogP) is 4.42. The monoisotopic (exact) mass is 320 g/mol. The Morgan fingerprint density at radius 1 is 1.12 bits per heavy atom. The van der Waals surface area contributed by atoms with Gasteiger partial charge >= 0.3 is 0 Å². The zero-order valence-electron chi connectivity index (χ0n) is 14.0. The second kappa shape index (κ2) is 7.21. The van der Waals surface area contributed by atoms with Crippen LogP contribution in [-0.4, -0.2) is 15.9 Å². The Morgan fingerprint density at radius 2 is 1.92 bits per heavy atom. The van der Waals surface area contributed by atoms with Crippen molar-refractivity contribution in [2.45, 2.75) is 33.1 Å². The van der Waals surface area contributed by atoms with Crippen molar-refractivity contribution in [1.29, 1.82) is 0 Å². The summed E-state index contributed by atoms with van der Waals surface area (Å²) < 4.78 is 5.36. The SMILES string of the molecule is CCc1ccc(-c2cc(CCC(=O)c3ccc(C)nc3)on2)cc1. The number of benzene rings is 1. The predicted molar refractivity (Wildman–Crippen MR) is 92.9 cm³/mol. The summed E-state index contributed by atoms with van der Waals surface area (Å²) in [5.41, 5.74) is 4.66. The third-order valence-electron chi connectivity index (χ3n) is 4.05. The highest BCUT2D eigenvalue weighted by Crippen LogP contribution is 2.21. The Bertz CT molecular complexity index is 818. The molecule has 2 aromatic heterocycles. The molecular weight excluding hydrogens is 300 g/mol. The topological polar surface area (TPSA) is 56.0 Å².